The molecule has 1 aliphatic heterocycles. The summed E-state index contributed by atoms with van der Waals surface area (Å²) in [5.41, 5.74) is 4.19. The highest BCUT2D eigenvalue weighted by Crippen LogP contribution is 2.26. The van der Waals surface area contributed by atoms with Gasteiger partial charge >= 0.3 is 0 Å². The Morgan fingerprint density at radius 2 is 1.89 bits per heavy atom. The van der Waals surface area contributed by atoms with Crippen LogP contribution in [0.4, 0.5) is 5.69 Å². The van der Waals surface area contributed by atoms with E-state index in [1.54, 1.807) is 6.20 Å². The fourth-order valence-corrected chi connectivity index (χ4v) is 4.64. The van der Waals surface area contributed by atoms with Crippen LogP contribution in [0.15, 0.2) is 42.7 Å². The predicted octanol–water partition coefficient (Wildman–Crippen LogP) is 4.67. The van der Waals surface area contributed by atoms with Crippen molar-refractivity contribution in [1.29, 1.82) is 0 Å². The molecule has 8 heteroatoms. The maximum absolute atomic E-state index is 13.4. The molecule has 1 aromatic carbocycles. The second-order valence-corrected chi connectivity index (χ2v) is 9.86. The first-order valence-electron chi connectivity index (χ1n) is 12.5. The number of morpholine rings is 1. The Bertz CT molecular complexity index is 1350. The number of aromatic nitrogens is 4. The quantitative estimate of drug-likeness (QED) is 0.421. The predicted molar refractivity (Wildman–Crippen MR) is 139 cm³/mol. The van der Waals surface area contributed by atoms with Gasteiger partial charge in [-0.25, -0.2) is 9.67 Å². The number of carbonyl (C=O) groups is 1. The molecule has 1 saturated heterocycles. The molecule has 0 aliphatic carbocycles. The van der Waals surface area contributed by atoms with E-state index in [1.807, 2.05) is 22.9 Å². The van der Waals surface area contributed by atoms with Gasteiger partial charge in [0.05, 0.1) is 30.4 Å². The molecule has 35 heavy (non-hydrogen) atoms. The molecule has 0 saturated carbocycles. The van der Waals surface area contributed by atoms with E-state index in [4.69, 9.17) is 9.72 Å². The van der Waals surface area contributed by atoms with Gasteiger partial charge in [0, 0.05) is 60.7 Å². The van der Waals surface area contributed by atoms with Crippen molar-refractivity contribution in [3.8, 4) is 0 Å². The lowest BCUT2D eigenvalue weighted by Crippen LogP contribution is -2.38. The van der Waals surface area contributed by atoms with Gasteiger partial charge in [-0.2, -0.15) is 5.10 Å². The van der Waals surface area contributed by atoms with Crippen molar-refractivity contribution in [3.63, 3.8) is 0 Å². The smallest absolute Gasteiger partial charge is 0.256 e. The van der Waals surface area contributed by atoms with Crippen LogP contribution >= 0.6 is 0 Å². The summed E-state index contributed by atoms with van der Waals surface area (Å²) in [7, 11) is 0. The number of anilines is 1. The van der Waals surface area contributed by atoms with Gasteiger partial charge in [-0.15, -0.1) is 0 Å². The van der Waals surface area contributed by atoms with E-state index in [1.165, 1.54) is 5.52 Å². The van der Waals surface area contributed by atoms with Gasteiger partial charge in [0.1, 0.15) is 0 Å². The lowest BCUT2D eigenvalue weighted by molar-refractivity contribution is 0.0365. The molecule has 5 rings (SSSR count). The van der Waals surface area contributed by atoms with E-state index in [2.05, 4.69) is 65.9 Å². The van der Waals surface area contributed by atoms with Crippen LogP contribution in [-0.2, 0) is 11.3 Å². The lowest BCUT2D eigenvalue weighted by Gasteiger charge is -2.26. The standard InChI is InChI=1S/C27H34N6O2/c1-18(2)24-16-22(23-17-28-33(19(3)4)26(23)30-24)27(34)29-21-5-6-25-20(15-21)7-8-32(25)10-9-31-11-13-35-14-12-31/h5-8,15-19H,9-14H2,1-4H3,(H,29,34). The molecular weight excluding hydrogens is 440 g/mol. The van der Waals surface area contributed by atoms with Crippen LogP contribution in [0.25, 0.3) is 21.9 Å². The van der Waals surface area contributed by atoms with Crippen LogP contribution in [-0.4, -0.2) is 63.0 Å². The van der Waals surface area contributed by atoms with Crippen molar-refractivity contribution >= 4 is 33.5 Å². The number of nitrogens with one attached hydrogen (secondary N) is 1. The molecule has 0 radical (unpaired) electrons. The second kappa shape index (κ2) is 9.79. The summed E-state index contributed by atoms with van der Waals surface area (Å²) in [4.78, 5) is 20.6. The number of amides is 1. The fourth-order valence-electron chi connectivity index (χ4n) is 4.64. The molecule has 1 amide bonds. The molecule has 0 unspecified atom stereocenters. The van der Waals surface area contributed by atoms with Crippen LogP contribution in [0, 0.1) is 0 Å². The molecule has 4 aromatic rings. The first kappa shape index (κ1) is 23.5. The number of carbonyl (C=O) groups excluding carboxylic acids is 1. The van der Waals surface area contributed by atoms with Gasteiger partial charge in [-0.1, -0.05) is 13.8 Å². The summed E-state index contributed by atoms with van der Waals surface area (Å²) in [6.07, 6.45) is 3.87. The minimum atomic E-state index is -0.145. The fraction of sp³-hybridized carbons (Fsp3) is 0.444. The van der Waals surface area contributed by atoms with Gasteiger partial charge in [-0.3, -0.25) is 9.69 Å². The average molecular weight is 475 g/mol. The third-order valence-corrected chi connectivity index (χ3v) is 6.70. The molecule has 0 spiro atoms. The van der Waals surface area contributed by atoms with Crippen molar-refractivity contribution < 1.29 is 9.53 Å². The van der Waals surface area contributed by atoms with Crippen LogP contribution in [0.2, 0.25) is 0 Å². The monoisotopic (exact) mass is 474 g/mol. The van der Waals surface area contributed by atoms with Crippen LogP contribution in [0.1, 0.15) is 55.7 Å². The van der Waals surface area contributed by atoms with Crippen LogP contribution in [0.3, 0.4) is 0 Å². The SMILES string of the molecule is CC(C)c1cc(C(=O)Nc2ccc3c(ccn3CCN3CCOCC3)c2)c2cnn(C(C)C)c2n1. The number of hydrogen-bond donors (Lipinski definition) is 1. The maximum atomic E-state index is 13.4. The summed E-state index contributed by atoms with van der Waals surface area (Å²) < 4.78 is 9.60. The molecule has 1 aliphatic rings. The van der Waals surface area contributed by atoms with Gasteiger partial charge in [0.25, 0.3) is 5.91 Å². The Morgan fingerprint density at radius 3 is 2.63 bits per heavy atom. The third kappa shape index (κ3) is 4.81. The Morgan fingerprint density at radius 1 is 1.09 bits per heavy atom. The summed E-state index contributed by atoms with van der Waals surface area (Å²) in [6.45, 7) is 13.9. The first-order valence-corrected chi connectivity index (χ1v) is 12.5. The van der Waals surface area contributed by atoms with E-state index in [0.717, 1.165) is 67.2 Å². The summed E-state index contributed by atoms with van der Waals surface area (Å²) in [5.74, 6) is 0.0590. The van der Waals surface area contributed by atoms with Crippen molar-refractivity contribution in [2.75, 3.05) is 38.2 Å². The largest absolute Gasteiger partial charge is 0.379 e. The minimum absolute atomic E-state index is 0.145. The number of rotatable bonds is 7. The number of ether oxygens (including phenoxy) is 1. The Hall–Kier alpha value is -3.23. The zero-order chi connectivity index (χ0) is 24.5. The second-order valence-electron chi connectivity index (χ2n) is 9.86. The summed E-state index contributed by atoms with van der Waals surface area (Å²) in [6, 6.07) is 10.3. The molecule has 0 atom stereocenters. The summed E-state index contributed by atoms with van der Waals surface area (Å²) in [5, 5.41) is 9.49. The molecular formula is C27H34N6O2. The van der Waals surface area contributed by atoms with Gasteiger partial charge < -0.3 is 14.6 Å². The molecule has 4 heterocycles. The Labute approximate surface area is 205 Å². The third-order valence-electron chi connectivity index (χ3n) is 6.70. The molecule has 0 bridgehead atoms. The number of nitrogens with zero attached hydrogens (tertiary/aromatic N) is 5. The maximum Gasteiger partial charge on any atom is 0.256 e. The van der Waals surface area contributed by atoms with Crippen molar-refractivity contribution in [3.05, 3.63) is 54.0 Å². The summed E-state index contributed by atoms with van der Waals surface area (Å²) >= 11 is 0. The highest BCUT2D eigenvalue weighted by molar-refractivity contribution is 6.12. The Kier molecular flexibility index (Phi) is 6.58. The number of hydrogen-bond acceptors (Lipinski definition) is 5. The average Bonchev–Trinajstić information content (AvgIpc) is 3.46. The minimum Gasteiger partial charge on any atom is -0.379 e. The lowest BCUT2D eigenvalue weighted by atomic mass is 10.0. The van der Waals surface area contributed by atoms with E-state index in [0.29, 0.717) is 5.56 Å². The van der Waals surface area contributed by atoms with Gasteiger partial charge in [-0.05, 0) is 50.1 Å². The molecule has 8 nitrogen and oxygen atoms in total. The molecule has 1 N–H and O–H groups in total. The number of benzene rings is 1. The topological polar surface area (TPSA) is 77.2 Å². The van der Waals surface area contributed by atoms with Crippen molar-refractivity contribution in [2.45, 2.75) is 46.2 Å². The van der Waals surface area contributed by atoms with Gasteiger partial charge in [0.2, 0.25) is 0 Å². The highest BCUT2D eigenvalue weighted by atomic mass is 16.5. The van der Waals surface area contributed by atoms with Gasteiger partial charge in [0.15, 0.2) is 5.65 Å². The molecule has 1 fully saturated rings. The van der Waals surface area contributed by atoms with E-state index in [-0.39, 0.29) is 17.9 Å². The van der Waals surface area contributed by atoms with E-state index < -0.39 is 0 Å². The number of fused-ring (bicyclic) bond motifs is 2. The zero-order valence-electron chi connectivity index (χ0n) is 21.0. The van der Waals surface area contributed by atoms with E-state index in [9.17, 15) is 4.79 Å². The zero-order valence-corrected chi connectivity index (χ0v) is 21.0. The molecule has 3 aromatic heterocycles. The number of pyridine rings is 1. The first-order chi connectivity index (χ1) is 16.9. The van der Waals surface area contributed by atoms with Crippen LogP contribution < -0.4 is 5.32 Å². The Balaban J connectivity index is 1.37. The van der Waals surface area contributed by atoms with Crippen LogP contribution in [0.5, 0.6) is 0 Å². The van der Waals surface area contributed by atoms with Crippen molar-refractivity contribution in [1.82, 2.24) is 24.2 Å². The molecule has 184 valence electrons. The van der Waals surface area contributed by atoms with Crippen molar-refractivity contribution in [2.24, 2.45) is 0 Å². The highest BCUT2D eigenvalue weighted by Gasteiger charge is 2.19. The van der Waals surface area contributed by atoms with E-state index >= 15 is 0 Å². The normalized spacial score (nSPS) is 15.0.